The summed E-state index contributed by atoms with van der Waals surface area (Å²) in [5.74, 6) is 2.12. The van der Waals surface area contributed by atoms with Gasteiger partial charge < -0.3 is 15.4 Å². The highest BCUT2D eigenvalue weighted by Crippen LogP contribution is 2.02. The van der Waals surface area contributed by atoms with Crippen LogP contribution in [0.25, 0.3) is 5.65 Å². The quantitative estimate of drug-likeness (QED) is 0.302. The predicted molar refractivity (Wildman–Crippen MR) is 102 cm³/mol. The van der Waals surface area contributed by atoms with Crippen LogP contribution in [0.3, 0.4) is 0 Å². The molecule has 0 bridgehead atoms. The van der Waals surface area contributed by atoms with Crippen molar-refractivity contribution < 1.29 is 4.74 Å². The summed E-state index contributed by atoms with van der Waals surface area (Å²) in [5, 5.41) is 14.7. The number of ether oxygens (including phenoxy) is 1. The first-order valence-electron chi connectivity index (χ1n) is 7.51. The van der Waals surface area contributed by atoms with E-state index in [0.29, 0.717) is 25.6 Å². The number of fused-ring (bicyclic) bond motifs is 1. The molecule has 2 N–H and O–H groups in total. The molecule has 0 fully saturated rings. The lowest BCUT2D eigenvalue weighted by molar-refractivity contribution is 0.114. The van der Waals surface area contributed by atoms with Crippen LogP contribution < -0.4 is 10.6 Å². The third-order valence-corrected chi connectivity index (χ3v) is 3.01. The lowest BCUT2D eigenvalue weighted by Crippen LogP contribution is -2.39. The number of guanidine groups is 1. The minimum Gasteiger partial charge on any atom is -0.379 e. The Labute approximate surface area is 153 Å². The fourth-order valence-corrected chi connectivity index (χ4v) is 1.96. The Morgan fingerprint density at radius 2 is 2.13 bits per heavy atom. The zero-order valence-electron chi connectivity index (χ0n) is 13.8. The first kappa shape index (κ1) is 19.6. The molecule has 2 rings (SSSR count). The Bertz CT molecular complexity index is 613. The number of nitrogens with one attached hydrogen (secondary N) is 2. The highest BCUT2D eigenvalue weighted by molar-refractivity contribution is 14.0. The second kappa shape index (κ2) is 10.4. The molecule has 0 spiro atoms. The lowest BCUT2D eigenvalue weighted by atomic mass is 10.2. The zero-order chi connectivity index (χ0) is 15.8. The molecular formula is C15H25IN6O. The molecule has 2 heterocycles. The Kier molecular flexibility index (Phi) is 8.85. The van der Waals surface area contributed by atoms with Gasteiger partial charge in [-0.25, -0.2) is 0 Å². The van der Waals surface area contributed by atoms with Crippen molar-refractivity contribution >= 4 is 35.6 Å². The molecule has 128 valence electrons. The summed E-state index contributed by atoms with van der Waals surface area (Å²) in [6.07, 6.45) is 1.95. The summed E-state index contributed by atoms with van der Waals surface area (Å²) in [7, 11) is 1.74. The highest BCUT2D eigenvalue weighted by Gasteiger charge is 2.05. The molecule has 0 aliphatic heterocycles. The van der Waals surface area contributed by atoms with E-state index in [4.69, 9.17) is 4.74 Å². The Morgan fingerprint density at radius 3 is 2.87 bits per heavy atom. The number of hydrogen-bond donors (Lipinski definition) is 2. The number of pyridine rings is 1. The van der Waals surface area contributed by atoms with Gasteiger partial charge >= 0.3 is 0 Å². The van der Waals surface area contributed by atoms with Crippen molar-refractivity contribution in [2.24, 2.45) is 10.9 Å². The third-order valence-electron chi connectivity index (χ3n) is 3.01. The summed E-state index contributed by atoms with van der Waals surface area (Å²) in [6, 6.07) is 5.83. The SMILES string of the molecule is CN=C(NCCOCC(C)C)NCc1nnc2ccccn12.I. The van der Waals surface area contributed by atoms with Crippen LogP contribution in [0, 0.1) is 5.92 Å². The van der Waals surface area contributed by atoms with Gasteiger partial charge in [0.15, 0.2) is 17.4 Å². The Balaban J connectivity index is 0.00000264. The van der Waals surface area contributed by atoms with E-state index in [1.807, 2.05) is 28.8 Å². The second-order valence-electron chi connectivity index (χ2n) is 5.37. The number of aliphatic imine (C=N–C) groups is 1. The molecule has 23 heavy (non-hydrogen) atoms. The fourth-order valence-electron chi connectivity index (χ4n) is 1.96. The van der Waals surface area contributed by atoms with E-state index in [0.717, 1.165) is 24.0 Å². The largest absolute Gasteiger partial charge is 0.379 e. The van der Waals surface area contributed by atoms with Crippen LogP contribution in [0.4, 0.5) is 0 Å². The van der Waals surface area contributed by atoms with Crippen LogP contribution in [-0.2, 0) is 11.3 Å². The van der Waals surface area contributed by atoms with Crippen LogP contribution in [0.5, 0.6) is 0 Å². The highest BCUT2D eigenvalue weighted by atomic mass is 127. The molecule has 0 aliphatic carbocycles. The first-order chi connectivity index (χ1) is 10.7. The van der Waals surface area contributed by atoms with E-state index in [1.54, 1.807) is 7.05 Å². The normalized spacial score (nSPS) is 11.6. The molecule has 0 amide bonds. The molecule has 0 aromatic carbocycles. The summed E-state index contributed by atoms with van der Waals surface area (Å²) in [4.78, 5) is 4.18. The van der Waals surface area contributed by atoms with Crippen LogP contribution >= 0.6 is 24.0 Å². The molecule has 0 aliphatic rings. The van der Waals surface area contributed by atoms with E-state index in [2.05, 4.69) is 39.7 Å². The van der Waals surface area contributed by atoms with Gasteiger partial charge in [0.1, 0.15) is 0 Å². The molecule has 0 saturated heterocycles. The molecule has 2 aromatic rings. The van der Waals surface area contributed by atoms with Crippen molar-refractivity contribution in [2.45, 2.75) is 20.4 Å². The van der Waals surface area contributed by atoms with Gasteiger partial charge in [-0.05, 0) is 18.1 Å². The first-order valence-corrected chi connectivity index (χ1v) is 7.51. The van der Waals surface area contributed by atoms with E-state index < -0.39 is 0 Å². The van der Waals surface area contributed by atoms with Gasteiger partial charge in [-0.15, -0.1) is 34.2 Å². The molecule has 0 atom stereocenters. The summed E-state index contributed by atoms with van der Waals surface area (Å²) < 4.78 is 7.48. The van der Waals surface area contributed by atoms with Crippen molar-refractivity contribution in [1.82, 2.24) is 25.2 Å². The van der Waals surface area contributed by atoms with Gasteiger partial charge in [0, 0.05) is 26.4 Å². The van der Waals surface area contributed by atoms with Crippen molar-refractivity contribution in [3.05, 3.63) is 30.2 Å². The fraction of sp³-hybridized carbons (Fsp3) is 0.533. The number of nitrogens with zero attached hydrogens (tertiary/aromatic N) is 4. The van der Waals surface area contributed by atoms with Gasteiger partial charge in [-0.1, -0.05) is 19.9 Å². The van der Waals surface area contributed by atoms with Gasteiger partial charge in [-0.2, -0.15) is 0 Å². The summed E-state index contributed by atoms with van der Waals surface area (Å²) >= 11 is 0. The van der Waals surface area contributed by atoms with E-state index in [1.165, 1.54) is 0 Å². The topological polar surface area (TPSA) is 75.8 Å². The maximum absolute atomic E-state index is 5.53. The average Bonchev–Trinajstić information content (AvgIpc) is 2.93. The number of aromatic nitrogens is 3. The van der Waals surface area contributed by atoms with Crippen molar-refractivity contribution in [3.8, 4) is 0 Å². The van der Waals surface area contributed by atoms with Gasteiger partial charge in [0.25, 0.3) is 0 Å². The molecule has 0 unspecified atom stereocenters. The zero-order valence-corrected chi connectivity index (χ0v) is 16.2. The van der Waals surface area contributed by atoms with Gasteiger partial charge in [-0.3, -0.25) is 9.39 Å². The maximum Gasteiger partial charge on any atom is 0.191 e. The van der Waals surface area contributed by atoms with Crippen molar-refractivity contribution in [3.63, 3.8) is 0 Å². The van der Waals surface area contributed by atoms with Crippen molar-refractivity contribution in [2.75, 3.05) is 26.8 Å². The van der Waals surface area contributed by atoms with Crippen LogP contribution in [-0.4, -0.2) is 47.4 Å². The van der Waals surface area contributed by atoms with E-state index >= 15 is 0 Å². The standard InChI is InChI=1S/C15H24N6O.HI/c1-12(2)11-22-9-7-17-15(16-3)18-10-14-20-19-13-6-4-5-8-21(13)14;/h4-6,8,12H,7,9-11H2,1-3H3,(H2,16,17,18);1H. The van der Waals surface area contributed by atoms with E-state index in [-0.39, 0.29) is 24.0 Å². The Morgan fingerprint density at radius 1 is 1.30 bits per heavy atom. The molecule has 0 saturated carbocycles. The average molecular weight is 432 g/mol. The minimum atomic E-state index is 0. The molecular weight excluding hydrogens is 407 g/mol. The summed E-state index contributed by atoms with van der Waals surface area (Å²) in [5.41, 5.74) is 0.837. The monoisotopic (exact) mass is 432 g/mol. The van der Waals surface area contributed by atoms with Crippen LogP contribution in [0.1, 0.15) is 19.7 Å². The van der Waals surface area contributed by atoms with Gasteiger partial charge in [0.05, 0.1) is 13.2 Å². The molecule has 8 heteroatoms. The minimum absolute atomic E-state index is 0. The summed E-state index contributed by atoms with van der Waals surface area (Å²) in [6.45, 7) is 6.98. The number of rotatable bonds is 7. The van der Waals surface area contributed by atoms with E-state index in [9.17, 15) is 0 Å². The maximum atomic E-state index is 5.53. The van der Waals surface area contributed by atoms with Crippen LogP contribution in [0.2, 0.25) is 0 Å². The second-order valence-corrected chi connectivity index (χ2v) is 5.37. The predicted octanol–water partition coefficient (Wildman–Crippen LogP) is 1.68. The molecule has 0 radical (unpaired) electrons. The van der Waals surface area contributed by atoms with Crippen LogP contribution in [0.15, 0.2) is 29.4 Å². The smallest absolute Gasteiger partial charge is 0.191 e. The van der Waals surface area contributed by atoms with Crippen molar-refractivity contribution in [1.29, 1.82) is 0 Å². The number of halogens is 1. The van der Waals surface area contributed by atoms with Gasteiger partial charge in [0.2, 0.25) is 0 Å². The molecule has 2 aromatic heterocycles. The molecule has 7 nitrogen and oxygen atoms in total. The Hall–Kier alpha value is -1.42. The lowest BCUT2D eigenvalue weighted by Gasteiger charge is -2.12. The third kappa shape index (κ3) is 6.30. The number of hydrogen-bond acceptors (Lipinski definition) is 4.